The van der Waals surface area contributed by atoms with E-state index in [1.54, 1.807) is 24.1 Å². The van der Waals surface area contributed by atoms with Gasteiger partial charge in [-0.15, -0.1) is 0 Å². The first-order chi connectivity index (χ1) is 10.1. The van der Waals surface area contributed by atoms with Crippen LogP contribution in [0.4, 0.5) is 0 Å². The van der Waals surface area contributed by atoms with Gasteiger partial charge in [-0.3, -0.25) is 4.79 Å². The maximum atomic E-state index is 12.4. The summed E-state index contributed by atoms with van der Waals surface area (Å²) in [5.74, 6) is 0.860. The number of nitrogens with zero attached hydrogens (tertiary/aromatic N) is 1. The molecule has 0 radical (unpaired) electrons. The van der Waals surface area contributed by atoms with Crippen LogP contribution in [0.2, 0.25) is 0 Å². The Kier molecular flexibility index (Phi) is 3.59. The number of halogens is 1. The zero-order valence-corrected chi connectivity index (χ0v) is 13.3. The smallest absolute Gasteiger partial charge is 0.289 e. The van der Waals surface area contributed by atoms with E-state index in [0.717, 1.165) is 16.7 Å². The Bertz CT molecular complexity index is 757. The fraction of sp³-hybridized carbons (Fsp3) is 0.188. The highest BCUT2D eigenvalue weighted by Crippen LogP contribution is 2.28. The number of carbonyl (C=O) groups excluding carboxylic acids is 1. The molecule has 1 unspecified atom stereocenters. The van der Waals surface area contributed by atoms with Crippen LogP contribution in [0.5, 0.6) is 0 Å². The lowest BCUT2D eigenvalue weighted by Gasteiger charge is -2.22. The molecule has 0 bridgehead atoms. The molecule has 3 rings (SSSR count). The van der Waals surface area contributed by atoms with Gasteiger partial charge in [-0.05, 0) is 47.1 Å². The molecule has 108 valence electrons. The maximum Gasteiger partial charge on any atom is 0.289 e. The summed E-state index contributed by atoms with van der Waals surface area (Å²) in [5.41, 5.74) is 0.820. The summed E-state index contributed by atoms with van der Waals surface area (Å²) in [5, 5.41) is 1.03. The van der Waals surface area contributed by atoms with Crippen LogP contribution in [0.25, 0.3) is 11.0 Å². The SMILES string of the molecule is CC(c1cc2ccccc2o1)N(C)C(=O)c1ccc(Br)o1. The fourth-order valence-electron chi connectivity index (χ4n) is 2.18. The Hall–Kier alpha value is -2.01. The number of hydrogen-bond acceptors (Lipinski definition) is 3. The molecular formula is C16H14BrNO3. The van der Waals surface area contributed by atoms with Gasteiger partial charge in [-0.2, -0.15) is 0 Å². The molecule has 0 aliphatic rings. The number of amides is 1. The molecule has 1 atom stereocenters. The summed E-state index contributed by atoms with van der Waals surface area (Å²) >= 11 is 3.20. The van der Waals surface area contributed by atoms with Gasteiger partial charge < -0.3 is 13.7 Å². The van der Waals surface area contributed by atoms with Crippen LogP contribution in [0.3, 0.4) is 0 Å². The second kappa shape index (κ2) is 5.41. The van der Waals surface area contributed by atoms with Crippen molar-refractivity contribution in [3.63, 3.8) is 0 Å². The van der Waals surface area contributed by atoms with Gasteiger partial charge in [0.05, 0.1) is 6.04 Å². The molecule has 3 aromatic rings. The predicted molar refractivity (Wildman–Crippen MR) is 83.1 cm³/mol. The minimum atomic E-state index is -0.186. The van der Waals surface area contributed by atoms with Gasteiger partial charge in [0.25, 0.3) is 5.91 Å². The monoisotopic (exact) mass is 347 g/mol. The lowest BCUT2D eigenvalue weighted by molar-refractivity contribution is 0.0694. The Labute approximate surface area is 130 Å². The topological polar surface area (TPSA) is 46.6 Å². The second-order valence-corrected chi connectivity index (χ2v) is 5.66. The summed E-state index contributed by atoms with van der Waals surface area (Å²) in [6, 6.07) is 12.9. The van der Waals surface area contributed by atoms with E-state index in [-0.39, 0.29) is 11.9 Å². The van der Waals surface area contributed by atoms with Crippen molar-refractivity contribution in [3.05, 3.63) is 58.7 Å². The molecular weight excluding hydrogens is 334 g/mol. The number of hydrogen-bond donors (Lipinski definition) is 0. The summed E-state index contributed by atoms with van der Waals surface area (Å²) < 4.78 is 11.7. The van der Waals surface area contributed by atoms with Crippen molar-refractivity contribution in [2.24, 2.45) is 0 Å². The van der Waals surface area contributed by atoms with Crippen LogP contribution >= 0.6 is 15.9 Å². The molecule has 5 heteroatoms. The highest BCUT2D eigenvalue weighted by Gasteiger charge is 2.23. The van der Waals surface area contributed by atoms with Gasteiger partial charge >= 0.3 is 0 Å². The first kappa shape index (κ1) is 13.9. The maximum absolute atomic E-state index is 12.4. The summed E-state index contributed by atoms with van der Waals surface area (Å²) in [7, 11) is 1.73. The summed E-state index contributed by atoms with van der Waals surface area (Å²) in [6.45, 7) is 1.92. The lowest BCUT2D eigenvalue weighted by atomic mass is 10.2. The van der Waals surface area contributed by atoms with Crippen LogP contribution < -0.4 is 0 Å². The normalized spacial score (nSPS) is 12.5. The van der Waals surface area contributed by atoms with Gasteiger partial charge in [-0.25, -0.2) is 0 Å². The number of carbonyl (C=O) groups is 1. The van der Waals surface area contributed by atoms with E-state index in [0.29, 0.717) is 10.4 Å². The lowest BCUT2D eigenvalue weighted by Crippen LogP contribution is -2.29. The minimum absolute atomic E-state index is 0.186. The van der Waals surface area contributed by atoms with Crippen molar-refractivity contribution >= 4 is 32.8 Å². The standard InChI is InChI=1S/C16H14BrNO3/c1-10(14-9-11-5-3-4-6-12(11)20-14)18(2)16(19)13-7-8-15(17)21-13/h3-10H,1-2H3. The van der Waals surface area contributed by atoms with E-state index in [1.807, 2.05) is 37.3 Å². The van der Waals surface area contributed by atoms with Crippen molar-refractivity contribution in [2.45, 2.75) is 13.0 Å². The third kappa shape index (κ3) is 2.61. The fourth-order valence-corrected chi connectivity index (χ4v) is 2.48. The third-order valence-corrected chi connectivity index (χ3v) is 3.97. The predicted octanol–water partition coefficient (Wildman–Crippen LogP) is 4.62. The summed E-state index contributed by atoms with van der Waals surface area (Å²) in [4.78, 5) is 14.0. The first-order valence-corrected chi connectivity index (χ1v) is 7.36. The summed E-state index contributed by atoms with van der Waals surface area (Å²) in [6.07, 6.45) is 0. The van der Waals surface area contributed by atoms with Crippen LogP contribution in [0, 0.1) is 0 Å². The van der Waals surface area contributed by atoms with Crippen molar-refractivity contribution in [3.8, 4) is 0 Å². The molecule has 2 aromatic heterocycles. The Morgan fingerprint density at radius 2 is 1.95 bits per heavy atom. The molecule has 1 aromatic carbocycles. The zero-order valence-electron chi connectivity index (χ0n) is 11.7. The molecule has 0 fully saturated rings. The molecule has 0 aliphatic carbocycles. The minimum Gasteiger partial charge on any atom is -0.459 e. The largest absolute Gasteiger partial charge is 0.459 e. The Morgan fingerprint density at radius 1 is 1.19 bits per heavy atom. The number of rotatable bonds is 3. The first-order valence-electron chi connectivity index (χ1n) is 6.57. The van der Waals surface area contributed by atoms with Crippen molar-refractivity contribution < 1.29 is 13.6 Å². The molecule has 21 heavy (non-hydrogen) atoms. The van der Waals surface area contributed by atoms with Crippen LogP contribution in [-0.2, 0) is 0 Å². The third-order valence-electron chi connectivity index (χ3n) is 3.54. The molecule has 1 amide bonds. The zero-order chi connectivity index (χ0) is 15.0. The molecule has 0 aliphatic heterocycles. The van der Waals surface area contributed by atoms with E-state index in [4.69, 9.17) is 8.83 Å². The van der Waals surface area contributed by atoms with E-state index >= 15 is 0 Å². The van der Waals surface area contributed by atoms with E-state index in [9.17, 15) is 4.79 Å². The highest BCUT2D eigenvalue weighted by molar-refractivity contribution is 9.10. The van der Waals surface area contributed by atoms with Crippen molar-refractivity contribution in [1.29, 1.82) is 0 Å². The van der Waals surface area contributed by atoms with Gasteiger partial charge in [0.15, 0.2) is 10.4 Å². The van der Waals surface area contributed by atoms with E-state index in [2.05, 4.69) is 15.9 Å². The van der Waals surface area contributed by atoms with E-state index in [1.165, 1.54) is 0 Å². The van der Waals surface area contributed by atoms with Crippen LogP contribution in [0.15, 0.2) is 56.0 Å². The molecule has 0 spiro atoms. The number of para-hydroxylation sites is 1. The Morgan fingerprint density at radius 3 is 2.62 bits per heavy atom. The number of benzene rings is 1. The van der Waals surface area contributed by atoms with Gasteiger partial charge in [0.2, 0.25) is 0 Å². The molecule has 0 saturated carbocycles. The second-order valence-electron chi connectivity index (χ2n) is 4.88. The molecule has 4 nitrogen and oxygen atoms in total. The van der Waals surface area contributed by atoms with Gasteiger partial charge in [0, 0.05) is 12.4 Å². The Balaban J connectivity index is 1.86. The van der Waals surface area contributed by atoms with E-state index < -0.39 is 0 Å². The molecule has 2 heterocycles. The number of furan rings is 2. The van der Waals surface area contributed by atoms with Crippen molar-refractivity contribution in [1.82, 2.24) is 4.90 Å². The van der Waals surface area contributed by atoms with Crippen LogP contribution in [-0.4, -0.2) is 17.9 Å². The average molecular weight is 348 g/mol. The van der Waals surface area contributed by atoms with Crippen LogP contribution in [0.1, 0.15) is 29.3 Å². The average Bonchev–Trinajstić information content (AvgIpc) is 3.10. The number of fused-ring (bicyclic) bond motifs is 1. The van der Waals surface area contributed by atoms with Gasteiger partial charge in [-0.1, -0.05) is 18.2 Å². The molecule has 0 saturated heterocycles. The van der Waals surface area contributed by atoms with Gasteiger partial charge in [0.1, 0.15) is 11.3 Å². The molecule has 0 N–H and O–H groups in total. The van der Waals surface area contributed by atoms with Crippen molar-refractivity contribution in [2.75, 3.05) is 7.05 Å². The highest BCUT2D eigenvalue weighted by atomic mass is 79.9. The quantitative estimate of drug-likeness (QED) is 0.694.